The Kier molecular flexibility index (Phi) is 8.00. The molecule has 0 spiro atoms. The summed E-state index contributed by atoms with van der Waals surface area (Å²) in [5, 5.41) is 0. The Hall–Kier alpha value is -3.77. The summed E-state index contributed by atoms with van der Waals surface area (Å²) in [5.41, 5.74) is 5.12. The quantitative estimate of drug-likeness (QED) is 0.298. The monoisotopic (exact) mass is 565 g/mol. The molecule has 7 rings (SSSR count). The maximum absolute atomic E-state index is 13.6. The normalized spacial score (nSPS) is 21.3. The van der Waals surface area contributed by atoms with Gasteiger partial charge in [0.05, 0.1) is 0 Å². The van der Waals surface area contributed by atoms with Crippen molar-refractivity contribution in [3.63, 3.8) is 0 Å². The second-order valence-corrected chi connectivity index (χ2v) is 12.6. The maximum atomic E-state index is 13.6. The third-order valence-electron chi connectivity index (χ3n) is 9.92. The van der Waals surface area contributed by atoms with Crippen molar-refractivity contribution in [1.82, 2.24) is 14.7 Å². The number of piperazine rings is 1. The van der Waals surface area contributed by atoms with Crippen LogP contribution in [0, 0.1) is 23.1 Å². The molecule has 3 aliphatic carbocycles. The molecule has 0 radical (unpaired) electrons. The molecule has 1 heterocycles. The molecule has 1 saturated carbocycles. The molecule has 2 atom stereocenters. The molecule has 6 heteroatoms. The van der Waals surface area contributed by atoms with Gasteiger partial charge in [0.1, 0.15) is 5.82 Å². The highest BCUT2D eigenvalue weighted by molar-refractivity contribution is 5.95. The number of allylic oxidation sites excluding steroid dienone is 1. The van der Waals surface area contributed by atoms with Gasteiger partial charge in [-0.05, 0) is 77.6 Å². The summed E-state index contributed by atoms with van der Waals surface area (Å²) < 4.78 is 13.6. The molecule has 1 saturated heterocycles. The highest BCUT2D eigenvalue weighted by Crippen LogP contribution is 2.59. The van der Waals surface area contributed by atoms with E-state index in [0.717, 1.165) is 43.1 Å². The van der Waals surface area contributed by atoms with Crippen LogP contribution >= 0.6 is 0 Å². The number of amides is 2. The van der Waals surface area contributed by atoms with Crippen molar-refractivity contribution in [2.24, 2.45) is 17.3 Å². The molecule has 1 aliphatic heterocycles. The molecule has 3 aromatic rings. The van der Waals surface area contributed by atoms with Crippen molar-refractivity contribution in [3.8, 4) is 11.1 Å². The van der Waals surface area contributed by atoms with Gasteiger partial charge in [0.25, 0.3) is 11.8 Å². The van der Waals surface area contributed by atoms with Crippen LogP contribution in [-0.4, -0.2) is 72.3 Å². The lowest BCUT2D eigenvalue weighted by Crippen LogP contribution is -2.52. The zero-order valence-corrected chi connectivity index (χ0v) is 24.6. The number of fused-ring (bicyclic) bond motifs is 1. The number of carbonyl (C=O) groups excluding carboxylic acids is 2. The van der Waals surface area contributed by atoms with Crippen molar-refractivity contribution in [2.75, 3.05) is 45.8 Å². The van der Waals surface area contributed by atoms with Crippen molar-refractivity contribution in [3.05, 3.63) is 107 Å². The van der Waals surface area contributed by atoms with Crippen molar-refractivity contribution < 1.29 is 14.0 Å². The van der Waals surface area contributed by atoms with E-state index < -0.39 is 0 Å². The van der Waals surface area contributed by atoms with Crippen LogP contribution in [0.3, 0.4) is 0 Å². The van der Waals surface area contributed by atoms with Crippen LogP contribution < -0.4 is 0 Å². The van der Waals surface area contributed by atoms with E-state index >= 15 is 0 Å². The third kappa shape index (κ3) is 5.78. The van der Waals surface area contributed by atoms with Gasteiger partial charge in [0, 0.05) is 56.9 Å². The lowest BCUT2D eigenvalue weighted by molar-refractivity contribution is -0.0105. The number of hydrogen-bond donors (Lipinski definition) is 0. The second kappa shape index (κ2) is 11.8. The van der Waals surface area contributed by atoms with Crippen LogP contribution in [-0.2, 0) is 0 Å². The molecule has 5 nitrogen and oxygen atoms in total. The summed E-state index contributed by atoms with van der Waals surface area (Å²) >= 11 is 0. The summed E-state index contributed by atoms with van der Waals surface area (Å²) in [6.45, 7) is 9.52. The molecule has 2 bridgehead atoms. The maximum Gasteiger partial charge on any atom is 0.254 e. The predicted molar refractivity (Wildman–Crippen MR) is 165 cm³/mol. The number of carbonyl (C=O) groups is 2. The smallest absolute Gasteiger partial charge is 0.254 e. The molecule has 42 heavy (non-hydrogen) atoms. The van der Waals surface area contributed by atoms with Crippen LogP contribution in [0.1, 0.15) is 47.4 Å². The topological polar surface area (TPSA) is 43.9 Å². The average molecular weight is 566 g/mol. The Balaban J connectivity index is 1.06. The van der Waals surface area contributed by atoms with E-state index in [2.05, 4.69) is 37.0 Å². The first-order valence-electron chi connectivity index (χ1n) is 15.2. The first kappa shape index (κ1) is 28.4. The highest BCUT2D eigenvalue weighted by Gasteiger charge is 2.51. The number of rotatable bonds is 8. The molecule has 2 fully saturated rings. The Morgan fingerprint density at radius 1 is 0.857 bits per heavy atom. The number of halogens is 1. The first-order valence-corrected chi connectivity index (χ1v) is 15.2. The average Bonchev–Trinajstić information content (AvgIpc) is 3.03. The van der Waals surface area contributed by atoms with Gasteiger partial charge in [-0.3, -0.25) is 14.5 Å². The molecule has 4 aliphatic rings. The van der Waals surface area contributed by atoms with Crippen LogP contribution in [0.15, 0.2) is 90.5 Å². The SMILES string of the molecule is CC1(C)C2CC=C(CN(CCN3CCN(C(=O)c4ccc(-c5ccccc5)cc4)CC3)C(=O)c3ccc(F)cc3)C1C2. The fourth-order valence-corrected chi connectivity index (χ4v) is 6.96. The molecular formula is C36H40FN3O2. The standard InChI is InChI=1S/C36H40FN3O2/c1-36(2)31-15-12-30(33(36)24-31)25-40(35(42)29-13-16-32(37)17-14-29)23-20-38-18-21-39(22-19-38)34(41)28-10-8-27(9-11-28)26-6-4-3-5-7-26/h3-14,16-17,31,33H,15,18-25H2,1-2H3. The summed E-state index contributed by atoms with van der Waals surface area (Å²) in [5.74, 6) is 0.940. The first-order chi connectivity index (χ1) is 20.3. The number of nitrogens with zero attached hydrogens (tertiary/aromatic N) is 3. The van der Waals surface area contributed by atoms with Gasteiger partial charge in [-0.15, -0.1) is 0 Å². The van der Waals surface area contributed by atoms with E-state index in [9.17, 15) is 14.0 Å². The minimum Gasteiger partial charge on any atom is -0.336 e. The van der Waals surface area contributed by atoms with Crippen molar-refractivity contribution in [2.45, 2.75) is 26.7 Å². The molecule has 0 N–H and O–H groups in total. The summed E-state index contributed by atoms with van der Waals surface area (Å²) in [6, 6.07) is 23.9. The molecule has 218 valence electrons. The Morgan fingerprint density at radius 2 is 1.50 bits per heavy atom. The fraction of sp³-hybridized carbons (Fsp3) is 0.389. The molecule has 2 unspecified atom stereocenters. The Labute approximate surface area is 248 Å². The van der Waals surface area contributed by atoms with Crippen LogP contribution in [0.4, 0.5) is 4.39 Å². The van der Waals surface area contributed by atoms with Crippen LogP contribution in [0.25, 0.3) is 11.1 Å². The van der Waals surface area contributed by atoms with Gasteiger partial charge < -0.3 is 9.80 Å². The molecular weight excluding hydrogens is 525 g/mol. The van der Waals surface area contributed by atoms with E-state index in [-0.39, 0.29) is 17.6 Å². The van der Waals surface area contributed by atoms with Gasteiger partial charge in [-0.2, -0.15) is 0 Å². The lowest BCUT2D eigenvalue weighted by Gasteiger charge is -2.57. The summed E-state index contributed by atoms with van der Waals surface area (Å²) in [4.78, 5) is 33.0. The predicted octanol–water partition coefficient (Wildman–Crippen LogP) is 6.39. The second-order valence-electron chi connectivity index (χ2n) is 12.6. The van der Waals surface area contributed by atoms with Crippen LogP contribution in [0.5, 0.6) is 0 Å². The van der Waals surface area contributed by atoms with Gasteiger partial charge in [-0.1, -0.05) is 68.0 Å². The van der Waals surface area contributed by atoms with Crippen molar-refractivity contribution in [1.29, 1.82) is 0 Å². The Morgan fingerprint density at radius 3 is 2.14 bits per heavy atom. The minimum atomic E-state index is -0.338. The van der Waals surface area contributed by atoms with Gasteiger partial charge in [-0.25, -0.2) is 4.39 Å². The van der Waals surface area contributed by atoms with E-state index in [4.69, 9.17) is 0 Å². The Bertz CT molecular complexity index is 1440. The zero-order valence-electron chi connectivity index (χ0n) is 24.6. The van der Waals surface area contributed by atoms with E-state index in [1.807, 2.05) is 52.3 Å². The number of hydrogen-bond acceptors (Lipinski definition) is 3. The largest absolute Gasteiger partial charge is 0.336 e. The summed E-state index contributed by atoms with van der Waals surface area (Å²) in [7, 11) is 0. The molecule has 2 amide bonds. The summed E-state index contributed by atoms with van der Waals surface area (Å²) in [6.07, 6.45) is 4.65. The van der Waals surface area contributed by atoms with Gasteiger partial charge in [0.2, 0.25) is 0 Å². The third-order valence-corrected chi connectivity index (χ3v) is 9.92. The lowest BCUT2D eigenvalue weighted by atomic mass is 9.49. The highest BCUT2D eigenvalue weighted by atomic mass is 19.1. The minimum absolute atomic E-state index is 0.0529. The van der Waals surface area contributed by atoms with Gasteiger partial charge in [0.15, 0.2) is 0 Å². The zero-order chi connectivity index (χ0) is 29.3. The molecule has 3 aromatic carbocycles. The number of benzene rings is 3. The van der Waals surface area contributed by atoms with E-state index in [1.165, 1.54) is 24.1 Å². The van der Waals surface area contributed by atoms with Crippen LogP contribution in [0.2, 0.25) is 0 Å². The molecule has 0 aromatic heterocycles. The van der Waals surface area contributed by atoms with E-state index in [1.54, 1.807) is 12.1 Å². The fourth-order valence-electron chi connectivity index (χ4n) is 6.96. The van der Waals surface area contributed by atoms with E-state index in [0.29, 0.717) is 48.6 Å². The van der Waals surface area contributed by atoms with Gasteiger partial charge >= 0.3 is 0 Å². The van der Waals surface area contributed by atoms with Crippen molar-refractivity contribution >= 4 is 11.8 Å².